The summed E-state index contributed by atoms with van der Waals surface area (Å²) in [6.45, 7) is 6.95. The Hall–Kier alpha value is -0.400. The molecule has 0 bridgehead atoms. The van der Waals surface area contributed by atoms with E-state index in [-0.39, 0.29) is 13.4 Å². The van der Waals surface area contributed by atoms with Crippen LogP contribution in [0.5, 0.6) is 0 Å². The Kier molecular flexibility index (Phi) is 6.05. The van der Waals surface area contributed by atoms with Gasteiger partial charge in [-0.15, -0.1) is 0 Å². The third kappa shape index (κ3) is 3.77. The molecule has 2 aromatic carbocycles. The molecular weight excluding hydrogens is 551 g/mol. The number of halogens is 2. The fourth-order valence-electron chi connectivity index (χ4n) is 7.10. The van der Waals surface area contributed by atoms with Gasteiger partial charge in [0.25, 0.3) is 0 Å². The van der Waals surface area contributed by atoms with Gasteiger partial charge in [-0.25, -0.2) is 0 Å². The molecule has 4 aliphatic carbocycles. The van der Waals surface area contributed by atoms with E-state index in [4.69, 9.17) is 17.0 Å². The van der Waals surface area contributed by atoms with Gasteiger partial charge in [-0.3, -0.25) is 0 Å². The van der Waals surface area contributed by atoms with E-state index in [9.17, 15) is 0 Å². The van der Waals surface area contributed by atoms with Crippen LogP contribution in [-0.2, 0) is 15.0 Å². The van der Waals surface area contributed by atoms with E-state index in [1.54, 1.807) is 11.1 Å². The molecule has 0 radical (unpaired) electrons. The molecule has 2 aromatic rings. The second-order valence-corrected chi connectivity index (χ2v) is 47.1. The van der Waals surface area contributed by atoms with E-state index < -0.39 is 15.0 Å². The third-order valence-corrected chi connectivity index (χ3v) is 42.0. The normalized spacial score (nSPS) is 23.9. The number of unbranched alkanes of at least 4 members (excludes halogenated alkanes) is 1. The number of rotatable bonds is 7. The van der Waals surface area contributed by atoms with Crippen molar-refractivity contribution in [2.45, 2.75) is 84.4 Å². The standard InChI is InChI=1S/2C13H13.C4H10Si.2ClH.Zr/c2*1-9-7-11-3-2-4-12(10-5-6-10)13(11)8-9;1-2-3-4-5;;;/h2*2-4,7-8,10H,5-6H2,1H3;5H,2-4H2,1H3;2*1H;/q;;;;;+2/p-2. The molecule has 0 saturated heterocycles. The second-order valence-electron chi connectivity index (χ2n) is 11.5. The van der Waals surface area contributed by atoms with Gasteiger partial charge in [0.1, 0.15) is 0 Å². The van der Waals surface area contributed by atoms with Crippen LogP contribution in [0.3, 0.4) is 0 Å². The van der Waals surface area contributed by atoms with Crippen molar-refractivity contribution in [2.24, 2.45) is 0 Å². The number of fused-ring (bicyclic) bond motifs is 2. The van der Waals surface area contributed by atoms with Crippen molar-refractivity contribution in [1.29, 1.82) is 0 Å². The molecule has 0 N–H and O–H groups in total. The van der Waals surface area contributed by atoms with Crippen molar-refractivity contribution in [1.82, 2.24) is 0 Å². The van der Waals surface area contributed by atoms with Gasteiger partial charge in [0.05, 0.1) is 0 Å². The molecule has 2 atom stereocenters. The minimum absolute atomic E-state index is 0.00971. The van der Waals surface area contributed by atoms with Crippen molar-refractivity contribution >= 4 is 35.3 Å². The van der Waals surface area contributed by atoms with Crippen molar-refractivity contribution < 1.29 is 15.0 Å². The van der Waals surface area contributed by atoms with Gasteiger partial charge in [-0.1, -0.05) is 0 Å². The molecular formula is C30H36Cl2SiZr. The first-order valence-electron chi connectivity index (χ1n) is 13.4. The number of benzene rings is 2. The summed E-state index contributed by atoms with van der Waals surface area (Å²) in [5, 5.41) is 0. The van der Waals surface area contributed by atoms with Crippen LogP contribution >= 0.6 is 17.0 Å². The van der Waals surface area contributed by atoms with Crippen molar-refractivity contribution in [3.8, 4) is 0 Å². The molecule has 0 amide bonds. The molecule has 4 aliphatic rings. The SMILES string of the molecule is CCCC[SiH]=[Zr]([Cl])([Cl])([CH]1C(C)=Cc2c(C3CC3)cccc21)[CH]1C(C)=Cc2c(C3CC3)cccc21. The Morgan fingerprint density at radius 2 is 1.21 bits per heavy atom. The number of hydrogen-bond donors (Lipinski definition) is 0. The topological polar surface area (TPSA) is 0 Å². The second kappa shape index (κ2) is 8.58. The summed E-state index contributed by atoms with van der Waals surface area (Å²) < 4.78 is 0.489. The zero-order valence-corrected chi connectivity index (χ0v) is 25.8. The van der Waals surface area contributed by atoms with Crippen molar-refractivity contribution in [3.63, 3.8) is 0 Å². The molecule has 34 heavy (non-hydrogen) atoms. The zero-order chi connectivity index (χ0) is 23.7. The number of allylic oxidation sites excluding steroid dienone is 2. The van der Waals surface area contributed by atoms with Crippen LogP contribution in [0.25, 0.3) is 12.2 Å². The molecule has 0 heterocycles. The maximum absolute atomic E-state index is 8.31. The quantitative estimate of drug-likeness (QED) is 0.224. The van der Waals surface area contributed by atoms with Crippen LogP contribution in [0.2, 0.25) is 6.04 Å². The summed E-state index contributed by atoms with van der Waals surface area (Å²) in [5.74, 6) is 1.48. The summed E-state index contributed by atoms with van der Waals surface area (Å²) in [6, 6.07) is 15.2. The number of hydrogen-bond acceptors (Lipinski definition) is 0. The van der Waals surface area contributed by atoms with Gasteiger partial charge >= 0.3 is 216 Å². The van der Waals surface area contributed by atoms with Crippen LogP contribution < -0.4 is 0 Å². The molecule has 0 spiro atoms. The van der Waals surface area contributed by atoms with Gasteiger partial charge in [0.15, 0.2) is 0 Å². The van der Waals surface area contributed by atoms with E-state index in [2.05, 4.69) is 69.3 Å². The molecule has 2 fully saturated rings. The average Bonchev–Trinajstić information content (AvgIpc) is 3.71. The van der Waals surface area contributed by atoms with E-state index >= 15 is 0 Å². The van der Waals surface area contributed by atoms with E-state index in [1.165, 1.54) is 78.0 Å². The maximum atomic E-state index is 8.31. The molecule has 2 saturated carbocycles. The summed E-state index contributed by atoms with van der Waals surface area (Å²) in [6.07, 6.45) is 12.7. The fourth-order valence-corrected chi connectivity index (χ4v) is 43.4. The van der Waals surface area contributed by atoms with Gasteiger partial charge in [-0.2, -0.15) is 0 Å². The van der Waals surface area contributed by atoms with E-state index in [0.29, 0.717) is 0 Å². The first-order valence-corrected chi connectivity index (χ1v) is 28.2. The Balaban J connectivity index is 1.56. The van der Waals surface area contributed by atoms with Crippen LogP contribution in [0.1, 0.15) is 112 Å². The molecule has 0 nitrogen and oxygen atoms in total. The summed E-state index contributed by atoms with van der Waals surface area (Å²) in [5.41, 5.74) is 11.8. The van der Waals surface area contributed by atoms with E-state index in [0.717, 1.165) is 11.8 Å². The predicted octanol–water partition coefficient (Wildman–Crippen LogP) is 9.62. The van der Waals surface area contributed by atoms with Crippen LogP contribution in [0, 0.1) is 0 Å². The predicted molar refractivity (Wildman–Crippen MR) is 148 cm³/mol. The molecule has 0 aromatic heterocycles. The van der Waals surface area contributed by atoms with Crippen LogP contribution in [-0.4, -0.2) is 6.16 Å². The van der Waals surface area contributed by atoms with Gasteiger partial charge in [0, 0.05) is 0 Å². The first-order chi connectivity index (χ1) is 16.3. The summed E-state index contributed by atoms with van der Waals surface area (Å²) >= 11 is -4.45. The van der Waals surface area contributed by atoms with Gasteiger partial charge < -0.3 is 0 Å². The molecule has 178 valence electrons. The first kappa shape index (κ1) is 24.0. The van der Waals surface area contributed by atoms with Crippen LogP contribution in [0.4, 0.5) is 0 Å². The van der Waals surface area contributed by atoms with E-state index in [1.807, 2.05) is 0 Å². The Morgan fingerprint density at radius 3 is 1.62 bits per heavy atom. The van der Waals surface area contributed by atoms with Crippen molar-refractivity contribution in [3.05, 3.63) is 80.9 Å². The Labute approximate surface area is 214 Å². The van der Waals surface area contributed by atoms with Gasteiger partial charge in [-0.05, 0) is 0 Å². The molecule has 4 heteroatoms. The van der Waals surface area contributed by atoms with Gasteiger partial charge in [0.2, 0.25) is 0 Å². The molecule has 2 unspecified atom stereocenters. The van der Waals surface area contributed by atoms with Crippen molar-refractivity contribution in [2.75, 3.05) is 0 Å². The average molecular weight is 587 g/mol. The molecule has 6 rings (SSSR count). The Morgan fingerprint density at radius 1 is 0.765 bits per heavy atom. The monoisotopic (exact) mass is 584 g/mol. The van der Waals surface area contributed by atoms with Crippen LogP contribution in [0.15, 0.2) is 47.5 Å². The minimum atomic E-state index is -4.45. The third-order valence-electron chi connectivity index (χ3n) is 8.85. The fraction of sp³-hybridized carbons (Fsp3) is 0.467. The Bertz CT molecular complexity index is 1210. The summed E-state index contributed by atoms with van der Waals surface area (Å²) in [4.78, 5) is 0. The summed E-state index contributed by atoms with van der Waals surface area (Å²) in [7, 11) is 16.6. The molecule has 0 aliphatic heterocycles. The zero-order valence-electron chi connectivity index (χ0n) is 20.7.